The smallest absolute Gasteiger partial charge is 0.123 e. The molecule has 2 aliphatic heterocycles. The van der Waals surface area contributed by atoms with E-state index in [0.29, 0.717) is 0 Å². The molecule has 156 valence electrons. The van der Waals surface area contributed by atoms with Gasteiger partial charge in [0.2, 0.25) is 0 Å². The number of allylic oxidation sites excluding steroid dienone is 2. The molecule has 3 heteroatoms. The Balaban J connectivity index is 1.62. The van der Waals surface area contributed by atoms with Crippen molar-refractivity contribution in [2.45, 2.75) is 31.7 Å². The first kappa shape index (κ1) is 18.0. The maximum atomic E-state index is 14.6. The van der Waals surface area contributed by atoms with Gasteiger partial charge in [0.15, 0.2) is 0 Å². The third-order valence-electron chi connectivity index (χ3n) is 7.26. The van der Waals surface area contributed by atoms with Gasteiger partial charge in [0.25, 0.3) is 0 Å². The topological polar surface area (TPSA) is 19.0 Å². The van der Waals surface area contributed by atoms with Gasteiger partial charge in [-0.25, -0.2) is 4.39 Å². The Bertz CT molecular complexity index is 1460. The van der Waals surface area contributed by atoms with Crippen LogP contribution >= 0.6 is 0 Å². The zero-order chi connectivity index (χ0) is 21.2. The van der Waals surface area contributed by atoms with Gasteiger partial charge in [0, 0.05) is 39.6 Å². The SMILES string of the molecule is Fc1ccc2c(c1)C1c3c[nH]c4cccc(c34)-c3ccccc3N1C(C1=CCCCC1)=C2. The van der Waals surface area contributed by atoms with E-state index in [9.17, 15) is 4.39 Å². The molecule has 0 fully saturated rings. The second-order valence-corrected chi connectivity index (χ2v) is 9.04. The highest BCUT2D eigenvalue weighted by atomic mass is 19.1. The Morgan fingerprint density at radius 2 is 1.81 bits per heavy atom. The number of H-pyrrole nitrogens is 1. The van der Waals surface area contributed by atoms with Gasteiger partial charge in [0.1, 0.15) is 5.82 Å². The maximum Gasteiger partial charge on any atom is 0.123 e. The molecule has 0 bridgehead atoms. The molecular formula is C29H23FN2. The van der Waals surface area contributed by atoms with Crippen LogP contribution in [0.15, 0.2) is 84.2 Å². The summed E-state index contributed by atoms with van der Waals surface area (Å²) in [5.41, 5.74) is 10.8. The Morgan fingerprint density at radius 1 is 0.906 bits per heavy atom. The number of fused-ring (bicyclic) bond motifs is 7. The number of rotatable bonds is 1. The summed E-state index contributed by atoms with van der Waals surface area (Å²) < 4.78 is 14.6. The molecule has 0 radical (unpaired) electrons. The average Bonchev–Trinajstić information content (AvgIpc) is 3.22. The summed E-state index contributed by atoms with van der Waals surface area (Å²) >= 11 is 0. The lowest BCUT2D eigenvalue weighted by Gasteiger charge is -2.41. The van der Waals surface area contributed by atoms with Crippen LogP contribution in [0.1, 0.15) is 48.4 Å². The van der Waals surface area contributed by atoms with Crippen molar-refractivity contribution in [1.29, 1.82) is 0 Å². The maximum absolute atomic E-state index is 14.6. The van der Waals surface area contributed by atoms with E-state index in [1.165, 1.54) is 51.9 Å². The first-order chi connectivity index (χ1) is 15.8. The van der Waals surface area contributed by atoms with Crippen molar-refractivity contribution >= 4 is 22.7 Å². The number of nitrogens with zero attached hydrogens (tertiary/aromatic N) is 1. The highest BCUT2D eigenvalue weighted by molar-refractivity contribution is 6.04. The number of hydrogen-bond acceptors (Lipinski definition) is 1. The first-order valence-corrected chi connectivity index (χ1v) is 11.5. The van der Waals surface area contributed by atoms with Gasteiger partial charge < -0.3 is 9.88 Å². The fraction of sp³-hybridized carbons (Fsp3) is 0.172. The Morgan fingerprint density at radius 3 is 2.72 bits per heavy atom. The number of benzene rings is 3. The predicted octanol–water partition coefficient (Wildman–Crippen LogP) is 7.74. The van der Waals surface area contributed by atoms with Crippen LogP contribution in [0, 0.1) is 5.82 Å². The van der Waals surface area contributed by atoms with Gasteiger partial charge in [-0.15, -0.1) is 0 Å². The summed E-state index contributed by atoms with van der Waals surface area (Å²) in [4.78, 5) is 5.97. The molecule has 2 nitrogen and oxygen atoms in total. The number of nitrogens with one attached hydrogen (secondary N) is 1. The van der Waals surface area contributed by atoms with Crippen molar-refractivity contribution in [3.05, 3.63) is 107 Å². The van der Waals surface area contributed by atoms with E-state index in [1.807, 2.05) is 6.07 Å². The summed E-state index contributed by atoms with van der Waals surface area (Å²) in [6, 6.07) is 20.3. The normalized spacial score (nSPS) is 18.9. The molecule has 3 aliphatic rings. The van der Waals surface area contributed by atoms with Crippen LogP contribution < -0.4 is 4.90 Å². The van der Waals surface area contributed by atoms with Gasteiger partial charge >= 0.3 is 0 Å². The second kappa shape index (κ2) is 6.70. The van der Waals surface area contributed by atoms with Crippen molar-refractivity contribution in [1.82, 2.24) is 4.98 Å². The molecule has 0 saturated heterocycles. The summed E-state index contributed by atoms with van der Waals surface area (Å²) in [6.45, 7) is 0. The molecule has 3 aromatic carbocycles. The third kappa shape index (κ3) is 2.45. The molecule has 1 N–H and O–H groups in total. The molecule has 4 aromatic rings. The lowest BCUT2D eigenvalue weighted by Crippen LogP contribution is -2.33. The molecule has 3 heterocycles. The second-order valence-electron chi connectivity index (χ2n) is 9.04. The van der Waals surface area contributed by atoms with E-state index < -0.39 is 0 Å². The van der Waals surface area contributed by atoms with Crippen LogP contribution in [-0.2, 0) is 0 Å². The van der Waals surface area contributed by atoms with Crippen molar-refractivity contribution in [3.63, 3.8) is 0 Å². The zero-order valence-electron chi connectivity index (χ0n) is 17.7. The van der Waals surface area contributed by atoms with Crippen LogP contribution in [-0.4, -0.2) is 4.98 Å². The number of aromatic nitrogens is 1. The van der Waals surface area contributed by atoms with Crippen LogP contribution in [0.25, 0.3) is 28.1 Å². The molecule has 1 aliphatic carbocycles. The monoisotopic (exact) mass is 418 g/mol. The van der Waals surface area contributed by atoms with Crippen LogP contribution in [0.2, 0.25) is 0 Å². The fourth-order valence-corrected chi connectivity index (χ4v) is 5.87. The minimum Gasteiger partial charge on any atom is -0.361 e. The summed E-state index contributed by atoms with van der Waals surface area (Å²) in [5.74, 6) is -0.185. The molecule has 1 atom stereocenters. The summed E-state index contributed by atoms with van der Waals surface area (Å²) in [7, 11) is 0. The number of hydrogen-bond donors (Lipinski definition) is 1. The van der Waals surface area contributed by atoms with E-state index in [0.717, 1.165) is 29.5 Å². The lowest BCUT2D eigenvalue weighted by atomic mass is 9.85. The number of halogens is 1. The van der Waals surface area contributed by atoms with Crippen molar-refractivity contribution in [3.8, 4) is 11.1 Å². The summed E-state index contributed by atoms with van der Waals surface area (Å²) in [6.07, 6.45) is 11.5. The van der Waals surface area contributed by atoms with Gasteiger partial charge in [0.05, 0.1) is 6.04 Å². The highest BCUT2D eigenvalue weighted by Crippen LogP contribution is 2.52. The molecule has 0 spiro atoms. The average molecular weight is 419 g/mol. The number of aromatic amines is 1. The minimum atomic E-state index is -0.185. The van der Waals surface area contributed by atoms with E-state index in [4.69, 9.17) is 0 Å². The zero-order valence-corrected chi connectivity index (χ0v) is 17.7. The fourth-order valence-electron chi connectivity index (χ4n) is 5.87. The molecule has 1 unspecified atom stereocenters. The Kier molecular flexibility index (Phi) is 3.78. The Hall–Kier alpha value is -3.59. The molecule has 0 saturated carbocycles. The third-order valence-corrected chi connectivity index (χ3v) is 7.26. The molecule has 0 amide bonds. The van der Waals surface area contributed by atoms with E-state index >= 15 is 0 Å². The van der Waals surface area contributed by atoms with Crippen molar-refractivity contribution in [2.24, 2.45) is 0 Å². The number of para-hydroxylation sites is 1. The first-order valence-electron chi connectivity index (χ1n) is 11.5. The van der Waals surface area contributed by atoms with E-state index in [2.05, 4.69) is 70.7 Å². The van der Waals surface area contributed by atoms with Crippen LogP contribution in [0.4, 0.5) is 10.1 Å². The van der Waals surface area contributed by atoms with Crippen molar-refractivity contribution < 1.29 is 4.39 Å². The number of anilines is 1. The van der Waals surface area contributed by atoms with Crippen LogP contribution in [0.5, 0.6) is 0 Å². The molecule has 32 heavy (non-hydrogen) atoms. The largest absolute Gasteiger partial charge is 0.361 e. The molecular weight excluding hydrogens is 395 g/mol. The van der Waals surface area contributed by atoms with Gasteiger partial charge in [-0.1, -0.05) is 42.5 Å². The quantitative estimate of drug-likeness (QED) is 0.335. The molecule has 7 rings (SSSR count). The van der Waals surface area contributed by atoms with Crippen molar-refractivity contribution in [2.75, 3.05) is 4.90 Å². The lowest BCUT2D eigenvalue weighted by molar-refractivity contribution is 0.621. The highest BCUT2D eigenvalue weighted by Gasteiger charge is 2.37. The van der Waals surface area contributed by atoms with E-state index in [-0.39, 0.29) is 11.9 Å². The van der Waals surface area contributed by atoms with E-state index in [1.54, 1.807) is 12.1 Å². The molecule has 1 aromatic heterocycles. The minimum absolute atomic E-state index is 0.0814. The Labute approximate surface area is 186 Å². The van der Waals surface area contributed by atoms with Crippen LogP contribution in [0.3, 0.4) is 0 Å². The van der Waals surface area contributed by atoms with Gasteiger partial charge in [-0.05, 0) is 78.3 Å². The summed E-state index contributed by atoms with van der Waals surface area (Å²) in [5, 5.41) is 1.24. The van der Waals surface area contributed by atoms with Gasteiger partial charge in [-0.2, -0.15) is 0 Å². The van der Waals surface area contributed by atoms with Gasteiger partial charge in [-0.3, -0.25) is 0 Å². The predicted molar refractivity (Wildman–Crippen MR) is 129 cm³/mol. The standard InChI is InChI=1S/C29H23FN2/c30-20-14-13-19-15-27(18-7-2-1-3-8-18)32-26-12-5-4-9-21(26)22-10-6-11-25-28(22)24(17-31-25)29(32)23(19)16-20/h4-7,9-17,29,31H,1-3,8H2.